The molecule has 3 N–H and O–H groups in total. The van der Waals surface area contributed by atoms with Gasteiger partial charge in [0.2, 0.25) is 0 Å². The van der Waals surface area contributed by atoms with Gasteiger partial charge in [-0.15, -0.1) is 0 Å². The summed E-state index contributed by atoms with van der Waals surface area (Å²) < 4.78 is 5.37. The number of rotatable bonds is 6. The number of aliphatic carboxylic acids is 1. The lowest BCUT2D eigenvalue weighted by Gasteiger charge is -2.37. The first-order valence-corrected chi connectivity index (χ1v) is 6.96. The largest absolute Gasteiger partial charge is 0.481 e. The summed E-state index contributed by atoms with van der Waals surface area (Å²) in [5.41, 5.74) is 0. The lowest BCUT2D eigenvalue weighted by molar-refractivity contribution is -0.138. The lowest BCUT2D eigenvalue weighted by atomic mass is 10.0. The Morgan fingerprint density at radius 3 is 2.75 bits per heavy atom. The Hall–Kier alpha value is -1.34. The number of nitrogens with one attached hydrogen (secondary N) is 1. The van der Waals surface area contributed by atoms with Gasteiger partial charge in [0.05, 0.1) is 31.9 Å². The first-order valence-electron chi connectivity index (χ1n) is 6.96. The first-order chi connectivity index (χ1) is 9.47. The van der Waals surface area contributed by atoms with Gasteiger partial charge >= 0.3 is 12.0 Å². The number of nitrogens with zero attached hydrogens (tertiary/aromatic N) is 1. The van der Waals surface area contributed by atoms with E-state index in [-0.39, 0.29) is 37.1 Å². The molecule has 7 heteroatoms. The number of aliphatic hydroxyl groups is 1. The number of hydrogen-bond acceptors (Lipinski definition) is 4. The zero-order valence-electron chi connectivity index (χ0n) is 12.0. The van der Waals surface area contributed by atoms with E-state index in [0.717, 1.165) is 0 Å². The summed E-state index contributed by atoms with van der Waals surface area (Å²) in [7, 11) is 0. The van der Waals surface area contributed by atoms with Gasteiger partial charge in [-0.25, -0.2) is 4.79 Å². The normalized spacial score (nSPS) is 24.2. The maximum Gasteiger partial charge on any atom is 0.317 e. The Morgan fingerprint density at radius 1 is 1.50 bits per heavy atom. The highest BCUT2D eigenvalue weighted by Gasteiger charge is 2.29. The third-order valence-corrected chi connectivity index (χ3v) is 3.55. The molecule has 0 aromatic rings. The summed E-state index contributed by atoms with van der Waals surface area (Å²) in [5, 5.41) is 20.6. The fraction of sp³-hybridized carbons (Fsp3) is 0.846. The molecule has 3 unspecified atom stereocenters. The van der Waals surface area contributed by atoms with Crippen LogP contribution >= 0.6 is 0 Å². The Morgan fingerprint density at radius 2 is 2.20 bits per heavy atom. The molecule has 1 heterocycles. The number of morpholine rings is 1. The molecule has 1 aliphatic rings. The van der Waals surface area contributed by atoms with Crippen LogP contribution in [-0.2, 0) is 9.53 Å². The van der Waals surface area contributed by atoms with E-state index in [1.807, 2.05) is 13.8 Å². The maximum absolute atomic E-state index is 12.1. The number of ether oxygens (including phenoxy) is 1. The Labute approximate surface area is 118 Å². The van der Waals surface area contributed by atoms with Gasteiger partial charge in [0, 0.05) is 13.0 Å². The Bertz CT molecular complexity index is 337. The Kier molecular flexibility index (Phi) is 6.74. The van der Waals surface area contributed by atoms with Crippen LogP contribution in [0.5, 0.6) is 0 Å². The number of aliphatic hydroxyl groups excluding tert-OH is 1. The number of carboxylic acid groups (broad SMARTS) is 1. The molecule has 0 saturated carbocycles. The van der Waals surface area contributed by atoms with Crippen molar-refractivity contribution in [2.24, 2.45) is 5.92 Å². The van der Waals surface area contributed by atoms with E-state index in [9.17, 15) is 9.59 Å². The highest BCUT2D eigenvalue weighted by atomic mass is 16.5. The van der Waals surface area contributed by atoms with Crippen molar-refractivity contribution in [2.45, 2.75) is 38.8 Å². The molecule has 1 rings (SSSR count). The van der Waals surface area contributed by atoms with Crippen LogP contribution in [0.2, 0.25) is 0 Å². The molecular weight excluding hydrogens is 264 g/mol. The molecule has 20 heavy (non-hydrogen) atoms. The minimum atomic E-state index is -0.855. The van der Waals surface area contributed by atoms with E-state index in [0.29, 0.717) is 26.1 Å². The first kappa shape index (κ1) is 16.7. The zero-order chi connectivity index (χ0) is 15.1. The standard InChI is InChI=1S/C13H24N2O5/c1-3-10(4-12(17)18)5-14-13(19)15-6-11(7-16)20-8-9(15)2/h9-11,16H,3-8H2,1-2H3,(H,14,19)(H,17,18). The molecule has 0 radical (unpaired) electrons. The number of carbonyl (C=O) groups is 2. The van der Waals surface area contributed by atoms with Crippen molar-refractivity contribution in [3.63, 3.8) is 0 Å². The second-order valence-electron chi connectivity index (χ2n) is 5.20. The smallest absolute Gasteiger partial charge is 0.317 e. The SMILES string of the molecule is CCC(CNC(=O)N1CC(CO)OCC1C)CC(=O)O. The summed E-state index contributed by atoms with van der Waals surface area (Å²) in [6.45, 7) is 4.74. The molecular formula is C13H24N2O5. The average Bonchev–Trinajstić information content (AvgIpc) is 2.43. The van der Waals surface area contributed by atoms with Crippen LogP contribution < -0.4 is 5.32 Å². The van der Waals surface area contributed by atoms with Crippen LogP contribution in [0, 0.1) is 5.92 Å². The average molecular weight is 288 g/mol. The van der Waals surface area contributed by atoms with Crippen molar-refractivity contribution in [3.8, 4) is 0 Å². The molecule has 0 bridgehead atoms. The van der Waals surface area contributed by atoms with Gasteiger partial charge in [0.25, 0.3) is 0 Å². The van der Waals surface area contributed by atoms with Crippen LogP contribution in [-0.4, -0.2) is 65.6 Å². The lowest BCUT2D eigenvalue weighted by Crippen LogP contribution is -2.55. The van der Waals surface area contributed by atoms with Crippen molar-refractivity contribution in [1.82, 2.24) is 10.2 Å². The summed E-state index contributed by atoms with van der Waals surface area (Å²) in [6.07, 6.45) is 0.400. The van der Waals surface area contributed by atoms with Crippen molar-refractivity contribution in [1.29, 1.82) is 0 Å². The van der Waals surface area contributed by atoms with Crippen molar-refractivity contribution >= 4 is 12.0 Å². The highest BCUT2D eigenvalue weighted by Crippen LogP contribution is 2.12. The topological polar surface area (TPSA) is 99.1 Å². The number of carboxylic acids is 1. The van der Waals surface area contributed by atoms with Gasteiger partial charge in [-0.1, -0.05) is 13.3 Å². The van der Waals surface area contributed by atoms with Gasteiger partial charge in [-0.05, 0) is 12.8 Å². The second kappa shape index (κ2) is 8.06. The summed E-state index contributed by atoms with van der Waals surface area (Å²) in [5.74, 6) is -0.924. The quantitative estimate of drug-likeness (QED) is 0.652. The zero-order valence-corrected chi connectivity index (χ0v) is 12.0. The van der Waals surface area contributed by atoms with E-state index < -0.39 is 5.97 Å². The van der Waals surface area contributed by atoms with Gasteiger partial charge in [-0.3, -0.25) is 4.79 Å². The molecule has 0 aromatic carbocycles. The second-order valence-corrected chi connectivity index (χ2v) is 5.20. The van der Waals surface area contributed by atoms with Gasteiger partial charge in [-0.2, -0.15) is 0 Å². The van der Waals surface area contributed by atoms with Gasteiger partial charge in [0.15, 0.2) is 0 Å². The molecule has 3 atom stereocenters. The van der Waals surface area contributed by atoms with Crippen LogP contribution in [0.1, 0.15) is 26.7 Å². The molecule has 1 fully saturated rings. The molecule has 7 nitrogen and oxygen atoms in total. The maximum atomic E-state index is 12.1. The predicted octanol–water partition coefficient (Wildman–Crippen LogP) is 0.279. The van der Waals surface area contributed by atoms with Crippen molar-refractivity contribution in [2.75, 3.05) is 26.3 Å². The van der Waals surface area contributed by atoms with Crippen LogP contribution in [0.15, 0.2) is 0 Å². The molecule has 1 saturated heterocycles. The van der Waals surface area contributed by atoms with Gasteiger partial charge < -0.3 is 25.2 Å². The van der Waals surface area contributed by atoms with E-state index in [1.54, 1.807) is 4.90 Å². The fourth-order valence-electron chi connectivity index (χ4n) is 2.15. The van der Waals surface area contributed by atoms with E-state index in [1.165, 1.54) is 0 Å². The van der Waals surface area contributed by atoms with Crippen LogP contribution in [0.25, 0.3) is 0 Å². The van der Waals surface area contributed by atoms with E-state index in [2.05, 4.69) is 5.32 Å². The van der Waals surface area contributed by atoms with E-state index in [4.69, 9.17) is 14.9 Å². The third-order valence-electron chi connectivity index (χ3n) is 3.55. The third kappa shape index (κ3) is 4.97. The van der Waals surface area contributed by atoms with Crippen LogP contribution in [0.4, 0.5) is 4.79 Å². The summed E-state index contributed by atoms with van der Waals surface area (Å²) in [4.78, 5) is 24.4. The highest BCUT2D eigenvalue weighted by molar-refractivity contribution is 5.74. The van der Waals surface area contributed by atoms with E-state index >= 15 is 0 Å². The monoisotopic (exact) mass is 288 g/mol. The minimum Gasteiger partial charge on any atom is -0.481 e. The molecule has 0 aliphatic carbocycles. The molecule has 2 amide bonds. The molecule has 1 aliphatic heterocycles. The number of urea groups is 1. The van der Waals surface area contributed by atoms with Gasteiger partial charge in [0.1, 0.15) is 0 Å². The molecule has 116 valence electrons. The summed E-state index contributed by atoms with van der Waals surface area (Å²) >= 11 is 0. The molecule has 0 spiro atoms. The number of amides is 2. The predicted molar refractivity (Wildman–Crippen MR) is 72.4 cm³/mol. The summed E-state index contributed by atoms with van der Waals surface area (Å²) in [6, 6.07) is -0.291. The number of hydrogen-bond donors (Lipinski definition) is 3. The van der Waals surface area contributed by atoms with Crippen molar-refractivity contribution in [3.05, 3.63) is 0 Å². The van der Waals surface area contributed by atoms with Crippen LogP contribution in [0.3, 0.4) is 0 Å². The van der Waals surface area contributed by atoms with Crippen molar-refractivity contribution < 1.29 is 24.5 Å². The number of carbonyl (C=O) groups excluding carboxylic acids is 1. The minimum absolute atomic E-state index is 0.0503. The fourth-order valence-corrected chi connectivity index (χ4v) is 2.15. The molecule has 0 aromatic heterocycles. The Balaban J connectivity index is 2.45.